The van der Waals surface area contributed by atoms with Crippen LogP contribution in [-0.4, -0.2) is 18.0 Å². The Labute approximate surface area is 106 Å². The first kappa shape index (κ1) is 14.5. The van der Waals surface area contributed by atoms with Gasteiger partial charge < -0.3 is 11.1 Å². The molecule has 100 valence electrons. The molecule has 0 aromatic heterocycles. The normalized spacial score (nSPS) is 30.1. The molecule has 17 heavy (non-hydrogen) atoms. The Bertz CT molecular complexity index is 266. The molecule has 1 fully saturated rings. The van der Waals surface area contributed by atoms with E-state index in [2.05, 4.69) is 26.1 Å². The van der Waals surface area contributed by atoms with E-state index in [1.165, 1.54) is 0 Å². The van der Waals surface area contributed by atoms with Crippen LogP contribution in [-0.2, 0) is 4.79 Å². The second kappa shape index (κ2) is 5.38. The van der Waals surface area contributed by atoms with Crippen molar-refractivity contribution in [2.45, 2.75) is 65.3 Å². The Kier molecular flexibility index (Phi) is 4.59. The zero-order chi connectivity index (χ0) is 13.1. The summed E-state index contributed by atoms with van der Waals surface area (Å²) in [7, 11) is 0. The molecule has 1 aliphatic carbocycles. The van der Waals surface area contributed by atoms with Crippen LogP contribution in [0.2, 0.25) is 0 Å². The summed E-state index contributed by atoms with van der Waals surface area (Å²) in [5.41, 5.74) is 6.17. The molecule has 0 saturated heterocycles. The highest BCUT2D eigenvalue weighted by Crippen LogP contribution is 2.31. The zero-order valence-corrected chi connectivity index (χ0v) is 11.8. The van der Waals surface area contributed by atoms with Gasteiger partial charge in [-0.2, -0.15) is 0 Å². The van der Waals surface area contributed by atoms with E-state index in [4.69, 9.17) is 5.73 Å². The SMILES string of the molecule is CC(C)(C)CCNC(=O)C1CCCCC1(C)N. The van der Waals surface area contributed by atoms with Crippen LogP contribution in [0.3, 0.4) is 0 Å². The van der Waals surface area contributed by atoms with E-state index < -0.39 is 0 Å². The maximum atomic E-state index is 12.1. The second-order valence-corrected chi connectivity index (χ2v) is 6.91. The standard InChI is InChI=1S/C14H28N2O/c1-13(2,3)9-10-16-12(17)11-7-5-6-8-14(11,4)15/h11H,5-10,15H2,1-4H3,(H,16,17). The largest absolute Gasteiger partial charge is 0.356 e. The maximum Gasteiger partial charge on any atom is 0.224 e. The van der Waals surface area contributed by atoms with Crippen molar-refractivity contribution in [3.63, 3.8) is 0 Å². The highest BCUT2D eigenvalue weighted by Gasteiger charge is 2.37. The molecular formula is C14H28N2O. The smallest absolute Gasteiger partial charge is 0.224 e. The Morgan fingerprint density at radius 3 is 2.59 bits per heavy atom. The van der Waals surface area contributed by atoms with Gasteiger partial charge in [-0.25, -0.2) is 0 Å². The quantitative estimate of drug-likeness (QED) is 0.796. The average molecular weight is 240 g/mol. The Morgan fingerprint density at radius 1 is 1.41 bits per heavy atom. The first-order valence-corrected chi connectivity index (χ1v) is 6.79. The van der Waals surface area contributed by atoms with Gasteiger partial charge in [0.2, 0.25) is 5.91 Å². The van der Waals surface area contributed by atoms with E-state index >= 15 is 0 Å². The third-order valence-corrected chi connectivity index (χ3v) is 3.75. The number of hydrogen-bond donors (Lipinski definition) is 2. The van der Waals surface area contributed by atoms with Crippen molar-refractivity contribution in [1.29, 1.82) is 0 Å². The van der Waals surface area contributed by atoms with Crippen molar-refractivity contribution >= 4 is 5.91 Å². The van der Waals surface area contributed by atoms with Crippen LogP contribution in [0.4, 0.5) is 0 Å². The molecule has 3 heteroatoms. The van der Waals surface area contributed by atoms with E-state index in [1.54, 1.807) is 0 Å². The molecule has 1 rings (SSSR count). The van der Waals surface area contributed by atoms with Gasteiger partial charge in [0.25, 0.3) is 0 Å². The van der Waals surface area contributed by atoms with Crippen LogP contribution in [0, 0.1) is 11.3 Å². The molecule has 2 unspecified atom stereocenters. The maximum absolute atomic E-state index is 12.1. The van der Waals surface area contributed by atoms with Gasteiger partial charge >= 0.3 is 0 Å². The third-order valence-electron chi connectivity index (χ3n) is 3.75. The molecule has 3 N–H and O–H groups in total. The Hall–Kier alpha value is -0.570. The highest BCUT2D eigenvalue weighted by atomic mass is 16.1. The molecule has 0 aliphatic heterocycles. The van der Waals surface area contributed by atoms with E-state index in [9.17, 15) is 4.79 Å². The fraction of sp³-hybridized carbons (Fsp3) is 0.929. The van der Waals surface area contributed by atoms with E-state index in [-0.39, 0.29) is 22.8 Å². The van der Waals surface area contributed by atoms with Crippen LogP contribution in [0.15, 0.2) is 0 Å². The summed E-state index contributed by atoms with van der Waals surface area (Å²) in [6.07, 6.45) is 5.19. The molecule has 0 bridgehead atoms. The van der Waals surface area contributed by atoms with Gasteiger partial charge in [0.1, 0.15) is 0 Å². The summed E-state index contributed by atoms with van der Waals surface area (Å²) >= 11 is 0. The summed E-state index contributed by atoms with van der Waals surface area (Å²) in [5, 5.41) is 3.05. The molecule has 1 aliphatic rings. The lowest BCUT2D eigenvalue weighted by Gasteiger charge is -2.37. The number of carbonyl (C=O) groups excluding carboxylic acids is 1. The Morgan fingerprint density at radius 2 is 2.06 bits per heavy atom. The Balaban J connectivity index is 2.41. The summed E-state index contributed by atoms with van der Waals surface area (Å²) in [6.45, 7) is 9.33. The van der Waals surface area contributed by atoms with Gasteiger partial charge in [0, 0.05) is 12.1 Å². The van der Waals surface area contributed by atoms with E-state index in [0.29, 0.717) is 0 Å². The topological polar surface area (TPSA) is 55.1 Å². The summed E-state index contributed by atoms with van der Waals surface area (Å²) in [4.78, 5) is 12.1. The lowest BCUT2D eigenvalue weighted by Crippen LogP contribution is -2.53. The fourth-order valence-corrected chi connectivity index (χ4v) is 2.47. The van der Waals surface area contributed by atoms with Crippen molar-refractivity contribution in [3.05, 3.63) is 0 Å². The molecule has 0 aromatic rings. The van der Waals surface area contributed by atoms with Gasteiger partial charge in [0.15, 0.2) is 0 Å². The highest BCUT2D eigenvalue weighted by molar-refractivity contribution is 5.80. The first-order valence-electron chi connectivity index (χ1n) is 6.79. The number of rotatable bonds is 3. The molecule has 0 radical (unpaired) electrons. The minimum atomic E-state index is -0.315. The molecule has 3 nitrogen and oxygen atoms in total. The summed E-state index contributed by atoms with van der Waals surface area (Å²) in [6, 6.07) is 0. The molecule has 1 saturated carbocycles. The van der Waals surface area contributed by atoms with Gasteiger partial charge in [0.05, 0.1) is 5.92 Å². The van der Waals surface area contributed by atoms with Crippen LogP contribution in [0.25, 0.3) is 0 Å². The van der Waals surface area contributed by atoms with Crippen molar-refractivity contribution < 1.29 is 4.79 Å². The molecule has 0 spiro atoms. The van der Waals surface area contributed by atoms with Crippen LogP contribution < -0.4 is 11.1 Å². The molecular weight excluding hydrogens is 212 g/mol. The molecule has 2 atom stereocenters. The third kappa shape index (κ3) is 4.66. The molecule has 1 amide bonds. The van der Waals surface area contributed by atoms with Crippen molar-refractivity contribution in [2.24, 2.45) is 17.1 Å². The fourth-order valence-electron chi connectivity index (χ4n) is 2.47. The first-order chi connectivity index (χ1) is 7.72. The monoisotopic (exact) mass is 240 g/mol. The van der Waals surface area contributed by atoms with Crippen LogP contribution >= 0.6 is 0 Å². The second-order valence-electron chi connectivity index (χ2n) is 6.91. The summed E-state index contributed by atoms with van der Waals surface area (Å²) < 4.78 is 0. The van der Waals surface area contributed by atoms with E-state index in [1.807, 2.05) is 6.92 Å². The molecule has 0 aromatic carbocycles. The minimum Gasteiger partial charge on any atom is -0.356 e. The summed E-state index contributed by atoms with van der Waals surface area (Å²) in [5.74, 6) is 0.148. The van der Waals surface area contributed by atoms with Crippen molar-refractivity contribution in [1.82, 2.24) is 5.32 Å². The number of nitrogens with one attached hydrogen (secondary N) is 1. The van der Waals surface area contributed by atoms with Crippen LogP contribution in [0.1, 0.15) is 59.8 Å². The van der Waals surface area contributed by atoms with Gasteiger partial charge in [-0.05, 0) is 31.6 Å². The van der Waals surface area contributed by atoms with Gasteiger partial charge in [-0.3, -0.25) is 4.79 Å². The average Bonchev–Trinajstić information content (AvgIpc) is 2.14. The number of nitrogens with two attached hydrogens (primary N) is 1. The minimum absolute atomic E-state index is 0.00350. The van der Waals surface area contributed by atoms with Gasteiger partial charge in [-0.1, -0.05) is 33.6 Å². The number of carbonyl (C=O) groups is 1. The van der Waals surface area contributed by atoms with Gasteiger partial charge in [-0.15, -0.1) is 0 Å². The van der Waals surface area contributed by atoms with Crippen LogP contribution in [0.5, 0.6) is 0 Å². The van der Waals surface area contributed by atoms with Crippen molar-refractivity contribution in [3.8, 4) is 0 Å². The number of hydrogen-bond acceptors (Lipinski definition) is 2. The zero-order valence-electron chi connectivity index (χ0n) is 11.8. The lowest BCUT2D eigenvalue weighted by molar-refractivity contribution is -0.128. The lowest BCUT2D eigenvalue weighted by atomic mass is 9.74. The number of amides is 1. The van der Waals surface area contributed by atoms with Crippen molar-refractivity contribution in [2.75, 3.05) is 6.54 Å². The van der Waals surface area contributed by atoms with E-state index in [0.717, 1.165) is 38.6 Å². The predicted molar refractivity (Wildman–Crippen MR) is 71.6 cm³/mol. The predicted octanol–water partition coefficient (Wildman–Crippen LogP) is 2.45. The molecule has 0 heterocycles.